The molecule has 0 aliphatic carbocycles. The Morgan fingerprint density at radius 2 is 2.10 bits per heavy atom. The number of carbonyl (C=O) groups is 1. The van der Waals surface area contributed by atoms with Gasteiger partial charge in [0.1, 0.15) is 5.69 Å². The Kier molecular flexibility index (Phi) is 3.26. The highest BCUT2D eigenvalue weighted by atomic mass is 32.1. The van der Waals surface area contributed by atoms with Gasteiger partial charge in [-0.2, -0.15) is 5.10 Å². The molecule has 3 aromatic rings. The van der Waals surface area contributed by atoms with Crippen molar-refractivity contribution in [2.24, 2.45) is 7.05 Å². The molecule has 7 heteroatoms. The third-order valence-electron chi connectivity index (χ3n) is 3.03. The van der Waals surface area contributed by atoms with Crippen LogP contribution in [0.3, 0.4) is 0 Å². The minimum Gasteiger partial charge on any atom is -0.296 e. The highest BCUT2D eigenvalue weighted by molar-refractivity contribution is 7.22. The summed E-state index contributed by atoms with van der Waals surface area (Å²) in [6.45, 7) is 1.97. The van der Waals surface area contributed by atoms with Crippen LogP contribution in [0.25, 0.3) is 10.2 Å². The first-order chi connectivity index (χ1) is 10.0. The van der Waals surface area contributed by atoms with Crippen LogP contribution in [0.4, 0.5) is 5.13 Å². The fourth-order valence-electron chi connectivity index (χ4n) is 1.92. The number of carbonyl (C=O) groups excluding carboxylic acids is 1. The van der Waals surface area contributed by atoms with Crippen molar-refractivity contribution in [3.05, 3.63) is 51.9 Å². The maximum absolute atomic E-state index is 12.1. The molecule has 0 bridgehead atoms. The van der Waals surface area contributed by atoms with E-state index in [9.17, 15) is 9.59 Å². The number of hydrogen-bond donors (Lipinski definition) is 1. The molecule has 1 amide bonds. The lowest BCUT2D eigenvalue weighted by Gasteiger charge is -2.01. The quantitative estimate of drug-likeness (QED) is 0.784. The molecule has 0 saturated carbocycles. The number of aromatic nitrogens is 3. The summed E-state index contributed by atoms with van der Waals surface area (Å²) in [5.74, 6) is -0.387. The van der Waals surface area contributed by atoms with E-state index in [0.717, 1.165) is 20.5 Å². The zero-order chi connectivity index (χ0) is 15.0. The predicted octanol–water partition coefficient (Wildman–Crippen LogP) is 1.95. The summed E-state index contributed by atoms with van der Waals surface area (Å²) in [4.78, 5) is 27.8. The van der Waals surface area contributed by atoms with Crippen LogP contribution in [-0.2, 0) is 7.05 Å². The van der Waals surface area contributed by atoms with Crippen molar-refractivity contribution in [3.8, 4) is 0 Å². The summed E-state index contributed by atoms with van der Waals surface area (Å²) in [5, 5.41) is 7.14. The van der Waals surface area contributed by atoms with Crippen LogP contribution >= 0.6 is 11.3 Å². The first-order valence-corrected chi connectivity index (χ1v) is 7.08. The number of aryl methyl sites for hydroxylation is 2. The number of amides is 1. The monoisotopic (exact) mass is 300 g/mol. The average Bonchev–Trinajstić information content (AvgIpc) is 2.86. The minimum absolute atomic E-state index is 0.174. The Balaban J connectivity index is 1.90. The molecule has 0 unspecified atom stereocenters. The second-order valence-corrected chi connectivity index (χ2v) is 5.61. The Labute approximate surface area is 124 Å². The molecule has 0 atom stereocenters. The molecule has 1 N–H and O–H groups in total. The summed E-state index contributed by atoms with van der Waals surface area (Å²) >= 11 is 1.40. The second-order valence-electron chi connectivity index (χ2n) is 4.58. The third-order valence-corrected chi connectivity index (χ3v) is 3.97. The fourth-order valence-corrected chi connectivity index (χ4v) is 2.86. The molecule has 0 aliphatic rings. The van der Waals surface area contributed by atoms with Crippen molar-refractivity contribution in [2.75, 3.05) is 5.32 Å². The Morgan fingerprint density at radius 1 is 1.29 bits per heavy atom. The van der Waals surface area contributed by atoms with Crippen molar-refractivity contribution in [3.63, 3.8) is 0 Å². The Hall–Kier alpha value is -2.54. The molecule has 0 radical (unpaired) electrons. The molecular formula is C14H12N4O2S. The van der Waals surface area contributed by atoms with E-state index < -0.39 is 0 Å². The van der Waals surface area contributed by atoms with Crippen molar-refractivity contribution >= 4 is 32.6 Å². The summed E-state index contributed by atoms with van der Waals surface area (Å²) in [7, 11) is 1.50. The highest BCUT2D eigenvalue weighted by Crippen LogP contribution is 2.27. The smallest absolute Gasteiger partial charge is 0.277 e. The molecule has 2 heterocycles. The summed E-state index contributed by atoms with van der Waals surface area (Å²) < 4.78 is 2.14. The molecular weight excluding hydrogens is 288 g/mol. The van der Waals surface area contributed by atoms with E-state index in [4.69, 9.17) is 0 Å². The number of thiazole rings is 1. The normalized spacial score (nSPS) is 10.8. The number of nitrogens with zero attached hydrogens (tertiary/aromatic N) is 3. The lowest BCUT2D eigenvalue weighted by atomic mass is 10.2. The number of rotatable bonds is 2. The predicted molar refractivity (Wildman–Crippen MR) is 81.8 cm³/mol. The first kappa shape index (κ1) is 13.4. The van der Waals surface area contributed by atoms with Crippen LogP contribution in [0.15, 0.2) is 35.1 Å². The zero-order valence-corrected chi connectivity index (χ0v) is 12.3. The summed E-state index contributed by atoms with van der Waals surface area (Å²) in [5.41, 5.74) is 1.85. The molecule has 106 valence electrons. The summed E-state index contributed by atoms with van der Waals surface area (Å²) in [6, 6.07) is 8.60. The van der Waals surface area contributed by atoms with Crippen LogP contribution in [0.1, 0.15) is 16.1 Å². The lowest BCUT2D eigenvalue weighted by molar-refractivity contribution is 0.102. The Morgan fingerprint density at radius 3 is 2.81 bits per heavy atom. The molecule has 1 aromatic carbocycles. The lowest BCUT2D eigenvalue weighted by Crippen LogP contribution is -2.23. The largest absolute Gasteiger partial charge is 0.296 e. The molecule has 0 aliphatic heterocycles. The van der Waals surface area contributed by atoms with E-state index in [1.807, 2.05) is 25.1 Å². The van der Waals surface area contributed by atoms with Crippen molar-refractivity contribution in [1.29, 1.82) is 0 Å². The second kappa shape index (κ2) is 5.10. The van der Waals surface area contributed by atoms with E-state index in [-0.39, 0.29) is 17.2 Å². The number of hydrogen-bond acceptors (Lipinski definition) is 5. The Bertz CT molecular complexity index is 897. The molecule has 21 heavy (non-hydrogen) atoms. The van der Waals surface area contributed by atoms with E-state index >= 15 is 0 Å². The topological polar surface area (TPSA) is 76.9 Å². The van der Waals surface area contributed by atoms with E-state index in [1.165, 1.54) is 30.5 Å². The van der Waals surface area contributed by atoms with E-state index in [1.54, 1.807) is 0 Å². The van der Waals surface area contributed by atoms with Crippen LogP contribution in [0, 0.1) is 6.92 Å². The van der Waals surface area contributed by atoms with Gasteiger partial charge < -0.3 is 0 Å². The van der Waals surface area contributed by atoms with Gasteiger partial charge in [-0.25, -0.2) is 9.67 Å². The molecule has 0 spiro atoms. The average molecular weight is 300 g/mol. The fraction of sp³-hybridized carbons (Fsp3) is 0.143. The molecule has 3 rings (SSSR count). The number of fused-ring (bicyclic) bond motifs is 1. The first-order valence-electron chi connectivity index (χ1n) is 6.26. The van der Waals surface area contributed by atoms with Crippen molar-refractivity contribution < 1.29 is 4.79 Å². The van der Waals surface area contributed by atoms with Gasteiger partial charge in [-0.05, 0) is 24.6 Å². The van der Waals surface area contributed by atoms with E-state index in [0.29, 0.717) is 5.13 Å². The zero-order valence-electron chi connectivity index (χ0n) is 11.5. The van der Waals surface area contributed by atoms with Gasteiger partial charge in [-0.15, -0.1) is 0 Å². The van der Waals surface area contributed by atoms with Gasteiger partial charge in [-0.3, -0.25) is 14.9 Å². The van der Waals surface area contributed by atoms with Crippen LogP contribution in [0.5, 0.6) is 0 Å². The molecule has 0 saturated heterocycles. The number of nitrogens with one attached hydrogen (secondary N) is 1. The molecule has 6 nitrogen and oxygen atoms in total. The van der Waals surface area contributed by atoms with Gasteiger partial charge in [0.05, 0.1) is 10.2 Å². The summed E-state index contributed by atoms with van der Waals surface area (Å²) in [6.07, 6.45) is 0. The van der Waals surface area contributed by atoms with Gasteiger partial charge >= 0.3 is 0 Å². The van der Waals surface area contributed by atoms with Crippen molar-refractivity contribution in [1.82, 2.24) is 14.8 Å². The SMILES string of the molecule is Cc1cccc2sc(NC(=O)c3ccc(=O)n(C)n3)nc12. The van der Waals surface area contributed by atoms with Gasteiger partial charge in [0.25, 0.3) is 11.5 Å². The van der Waals surface area contributed by atoms with Gasteiger partial charge in [0.15, 0.2) is 5.13 Å². The van der Waals surface area contributed by atoms with E-state index in [2.05, 4.69) is 15.4 Å². The van der Waals surface area contributed by atoms with Crippen LogP contribution in [0.2, 0.25) is 0 Å². The highest BCUT2D eigenvalue weighted by Gasteiger charge is 2.12. The van der Waals surface area contributed by atoms with Gasteiger partial charge in [0.2, 0.25) is 0 Å². The molecule has 0 fully saturated rings. The standard InChI is InChI=1S/C14H12N4O2S/c1-8-4-3-5-10-12(8)15-14(21-10)16-13(20)9-6-7-11(19)18(2)17-9/h3-7H,1-2H3,(H,15,16,20). The number of para-hydroxylation sites is 1. The minimum atomic E-state index is -0.387. The maximum atomic E-state index is 12.1. The van der Waals surface area contributed by atoms with Gasteiger partial charge in [-0.1, -0.05) is 23.5 Å². The van der Waals surface area contributed by atoms with Crippen LogP contribution in [-0.4, -0.2) is 20.7 Å². The maximum Gasteiger partial charge on any atom is 0.277 e. The van der Waals surface area contributed by atoms with Crippen molar-refractivity contribution in [2.45, 2.75) is 6.92 Å². The number of benzene rings is 1. The third kappa shape index (κ3) is 2.55. The molecule has 2 aromatic heterocycles. The number of anilines is 1. The van der Waals surface area contributed by atoms with Gasteiger partial charge in [0, 0.05) is 13.1 Å². The van der Waals surface area contributed by atoms with Crippen LogP contribution < -0.4 is 10.9 Å².